The Labute approximate surface area is 168 Å². The molecule has 0 nitrogen and oxygen atoms in total. The third-order valence-corrected chi connectivity index (χ3v) is 6.76. The third kappa shape index (κ3) is 17.5. The summed E-state index contributed by atoms with van der Waals surface area (Å²) in [4.78, 5) is 0. The Morgan fingerprint density at radius 2 is 0.577 bits per heavy atom. The first-order valence-corrected chi connectivity index (χ1v) is 12.9. The molecule has 0 saturated heterocycles. The Bertz CT molecular complexity index is 220. The van der Waals surface area contributed by atoms with Crippen molar-refractivity contribution in [3.8, 4) is 0 Å². The van der Waals surface area contributed by atoms with Crippen LogP contribution in [0.3, 0.4) is 0 Å². The molecular formula is C25H54B-. The highest BCUT2D eigenvalue weighted by Crippen LogP contribution is 2.29. The maximum atomic E-state index is 2.68. The second-order valence-electron chi connectivity index (χ2n) is 9.76. The molecule has 0 fully saturated rings. The minimum atomic E-state index is -0.0782. The summed E-state index contributed by atoms with van der Waals surface area (Å²) < 4.78 is 0. The monoisotopic (exact) mass is 365 g/mol. The molecule has 0 bridgehead atoms. The lowest BCUT2D eigenvalue weighted by Gasteiger charge is -2.35. The second kappa shape index (κ2) is 19.8. The van der Waals surface area contributed by atoms with Crippen LogP contribution in [0.2, 0.25) is 25.8 Å². The SMILES string of the molecule is CCCCCCCC[B-](C)(CCCCCCCC)CCCCCCCC. The minimum Gasteiger partial charge on any atom is -0.190 e. The molecule has 0 atom stereocenters. The van der Waals surface area contributed by atoms with Gasteiger partial charge in [-0.1, -0.05) is 136 Å². The van der Waals surface area contributed by atoms with Gasteiger partial charge in [0.2, 0.25) is 0 Å². The van der Waals surface area contributed by atoms with Crippen molar-refractivity contribution in [1.82, 2.24) is 0 Å². The first-order valence-electron chi connectivity index (χ1n) is 12.9. The quantitative estimate of drug-likeness (QED) is 0.140. The largest absolute Gasteiger partial charge is 0.190 e. The van der Waals surface area contributed by atoms with Crippen molar-refractivity contribution in [3.05, 3.63) is 0 Å². The van der Waals surface area contributed by atoms with Crippen molar-refractivity contribution in [1.29, 1.82) is 0 Å². The zero-order valence-electron chi connectivity index (χ0n) is 19.4. The van der Waals surface area contributed by atoms with E-state index < -0.39 is 0 Å². The maximum Gasteiger partial charge on any atom is -0.00233 e. The van der Waals surface area contributed by atoms with Gasteiger partial charge in [-0.25, -0.2) is 0 Å². The number of unbranched alkanes of at least 4 members (excludes halogenated alkanes) is 15. The Morgan fingerprint density at radius 1 is 0.346 bits per heavy atom. The Hall–Kier alpha value is 0.0649. The van der Waals surface area contributed by atoms with Crippen LogP contribution in [0.1, 0.15) is 136 Å². The molecule has 0 rings (SSSR count). The van der Waals surface area contributed by atoms with Gasteiger partial charge < -0.3 is 0 Å². The molecule has 0 aliphatic carbocycles. The van der Waals surface area contributed by atoms with Gasteiger partial charge in [-0.15, -0.1) is 0 Å². The van der Waals surface area contributed by atoms with Crippen LogP contribution in [0, 0.1) is 0 Å². The van der Waals surface area contributed by atoms with Crippen molar-refractivity contribution in [2.24, 2.45) is 0 Å². The summed E-state index contributed by atoms with van der Waals surface area (Å²) in [7, 11) is 0. The molecule has 0 aliphatic rings. The summed E-state index contributed by atoms with van der Waals surface area (Å²) in [6, 6.07) is 0. The highest BCUT2D eigenvalue weighted by molar-refractivity contribution is 6.78. The normalized spacial score (nSPS) is 12.0. The fraction of sp³-hybridized carbons (Fsp3) is 1.00. The Morgan fingerprint density at radius 3 is 0.846 bits per heavy atom. The predicted octanol–water partition coefficient (Wildman–Crippen LogP) is 10.1. The molecule has 0 saturated carbocycles. The fourth-order valence-electron chi connectivity index (χ4n) is 4.69. The van der Waals surface area contributed by atoms with Crippen molar-refractivity contribution in [3.63, 3.8) is 0 Å². The van der Waals surface area contributed by atoms with Crippen LogP contribution < -0.4 is 0 Å². The highest BCUT2D eigenvalue weighted by Gasteiger charge is 2.17. The molecular weight excluding hydrogens is 311 g/mol. The number of hydrogen-bond acceptors (Lipinski definition) is 0. The van der Waals surface area contributed by atoms with Gasteiger partial charge in [0, 0.05) is 0 Å². The van der Waals surface area contributed by atoms with Gasteiger partial charge in [0.25, 0.3) is 0 Å². The summed E-state index contributed by atoms with van der Waals surface area (Å²) in [6.07, 6.45) is 30.9. The number of rotatable bonds is 21. The van der Waals surface area contributed by atoms with Crippen LogP contribution in [0.5, 0.6) is 0 Å². The van der Waals surface area contributed by atoms with Crippen molar-refractivity contribution < 1.29 is 0 Å². The standard InChI is InChI=1S/C25H54B/c1-5-8-11-14-17-20-23-26(4,24-21-18-15-12-9-6-2)25-22-19-16-13-10-7-3/h5-25H2,1-4H3/q-1. The van der Waals surface area contributed by atoms with E-state index in [1.165, 1.54) is 116 Å². The summed E-state index contributed by atoms with van der Waals surface area (Å²) in [5.74, 6) is 0. The summed E-state index contributed by atoms with van der Waals surface area (Å²) in [5, 5.41) is 0. The van der Waals surface area contributed by atoms with E-state index in [-0.39, 0.29) is 6.15 Å². The second-order valence-corrected chi connectivity index (χ2v) is 9.76. The van der Waals surface area contributed by atoms with E-state index in [9.17, 15) is 0 Å². The third-order valence-electron chi connectivity index (χ3n) is 6.76. The molecule has 0 heterocycles. The first-order chi connectivity index (χ1) is 12.7. The molecule has 0 radical (unpaired) electrons. The molecule has 26 heavy (non-hydrogen) atoms. The molecule has 0 aromatic carbocycles. The topological polar surface area (TPSA) is 0 Å². The van der Waals surface area contributed by atoms with E-state index in [4.69, 9.17) is 0 Å². The first kappa shape index (κ1) is 26.1. The van der Waals surface area contributed by atoms with Gasteiger partial charge >= 0.3 is 0 Å². The molecule has 0 N–H and O–H groups in total. The van der Waals surface area contributed by atoms with Crippen LogP contribution in [-0.4, -0.2) is 6.15 Å². The van der Waals surface area contributed by atoms with Gasteiger partial charge in [-0.3, -0.25) is 0 Å². The average Bonchev–Trinajstić information content (AvgIpc) is 2.64. The van der Waals surface area contributed by atoms with Crippen LogP contribution >= 0.6 is 0 Å². The summed E-state index contributed by atoms with van der Waals surface area (Å²) in [5.41, 5.74) is 0. The molecule has 1 heteroatoms. The van der Waals surface area contributed by atoms with Gasteiger partial charge in [-0.05, 0) is 6.15 Å². The van der Waals surface area contributed by atoms with Gasteiger partial charge in [0.05, 0.1) is 0 Å². The predicted molar refractivity (Wildman–Crippen MR) is 126 cm³/mol. The van der Waals surface area contributed by atoms with E-state index >= 15 is 0 Å². The smallest absolute Gasteiger partial charge is 0.00233 e. The van der Waals surface area contributed by atoms with E-state index in [0.717, 1.165) is 0 Å². The fourth-order valence-corrected chi connectivity index (χ4v) is 4.69. The minimum absolute atomic E-state index is 0.0782. The Balaban J connectivity index is 4.02. The van der Waals surface area contributed by atoms with Crippen molar-refractivity contribution >= 4 is 6.15 Å². The van der Waals surface area contributed by atoms with Gasteiger partial charge in [0.1, 0.15) is 0 Å². The van der Waals surface area contributed by atoms with Gasteiger partial charge in [-0.2, -0.15) is 25.8 Å². The van der Waals surface area contributed by atoms with Crippen LogP contribution in [0.4, 0.5) is 0 Å². The zero-order valence-corrected chi connectivity index (χ0v) is 19.4. The molecule has 158 valence electrons. The zero-order chi connectivity index (χ0) is 19.3. The van der Waals surface area contributed by atoms with E-state index in [0.29, 0.717) is 0 Å². The lowest BCUT2D eigenvalue weighted by atomic mass is 9.20. The molecule has 0 aromatic rings. The number of hydrogen-bond donors (Lipinski definition) is 0. The summed E-state index contributed by atoms with van der Waals surface area (Å²) in [6.45, 7) is 9.65. The van der Waals surface area contributed by atoms with E-state index in [2.05, 4.69) is 27.6 Å². The lowest BCUT2D eigenvalue weighted by Crippen LogP contribution is -2.29. The van der Waals surface area contributed by atoms with Crippen LogP contribution in [-0.2, 0) is 0 Å². The summed E-state index contributed by atoms with van der Waals surface area (Å²) >= 11 is 0. The van der Waals surface area contributed by atoms with Gasteiger partial charge in [0.15, 0.2) is 0 Å². The van der Waals surface area contributed by atoms with Crippen LogP contribution in [0.25, 0.3) is 0 Å². The van der Waals surface area contributed by atoms with E-state index in [1.54, 1.807) is 19.0 Å². The van der Waals surface area contributed by atoms with Crippen molar-refractivity contribution in [2.75, 3.05) is 0 Å². The molecule has 0 unspecified atom stereocenters. The molecule has 0 aromatic heterocycles. The van der Waals surface area contributed by atoms with Crippen LogP contribution in [0.15, 0.2) is 0 Å². The molecule has 0 aliphatic heterocycles. The maximum absolute atomic E-state index is 2.68. The average molecular weight is 366 g/mol. The van der Waals surface area contributed by atoms with Crippen molar-refractivity contribution in [2.45, 2.75) is 162 Å². The lowest BCUT2D eigenvalue weighted by molar-refractivity contribution is 0.607. The Kier molecular flexibility index (Phi) is 19.9. The van der Waals surface area contributed by atoms with E-state index in [1.807, 2.05) is 0 Å². The highest BCUT2D eigenvalue weighted by atomic mass is 14.0. The molecule has 0 spiro atoms. The molecule has 0 amide bonds.